The number of hydrogen-bond donors (Lipinski definition) is 0. The van der Waals surface area contributed by atoms with Gasteiger partial charge in [0.25, 0.3) is 0 Å². The van der Waals surface area contributed by atoms with Crippen LogP contribution in [0, 0.1) is 6.92 Å². The predicted octanol–water partition coefficient (Wildman–Crippen LogP) is 1.27. The fourth-order valence-electron chi connectivity index (χ4n) is 1.89. The Balaban J connectivity index is 2.19. The zero-order chi connectivity index (χ0) is 11.1. The van der Waals surface area contributed by atoms with Gasteiger partial charge < -0.3 is 4.74 Å². The lowest BCUT2D eigenvalue weighted by Gasteiger charge is -2.26. The first-order valence-electron chi connectivity index (χ1n) is 5.58. The lowest BCUT2D eigenvalue weighted by Crippen LogP contribution is -2.31. The third-order valence-corrected chi connectivity index (χ3v) is 2.97. The summed E-state index contributed by atoms with van der Waals surface area (Å²) in [5.74, 6) is 0.869. The summed E-state index contributed by atoms with van der Waals surface area (Å²) < 4.78 is 7.18. The van der Waals surface area contributed by atoms with E-state index < -0.39 is 0 Å². The number of nitrogens with zero attached hydrogens (tertiary/aromatic N) is 4. The summed E-state index contributed by atoms with van der Waals surface area (Å²) in [5, 5.41) is 5.57. The summed E-state index contributed by atoms with van der Waals surface area (Å²) >= 11 is 0. The highest BCUT2D eigenvalue weighted by Crippen LogP contribution is 2.23. The number of fused-ring (bicyclic) bond motifs is 1. The molecule has 16 heavy (non-hydrogen) atoms. The van der Waals surface area contributed by atoms with E-state index in [0.717, 1.165) is 42.2 Å². The molecule has 0 radical (unpaired) electrons. The van der Waals surface area contributed by atoms with Gasteiger partial charge in [0.05, 0.1) is 24.3 Å². The summed E-state index contributed by atoms with van der Waals surface area (Å²) in [6, 6.07) is 0.343. The van der Waals surface area contributed by atoms with E-state index in [1.807, 2.05) is 17.8 Å². The van der Waals surface area contributed by atoms with E-state index in [0.29, 0.717) is 6.04 Å². The molecule has 2 aromatic heterocycles. The SMILES string of the molecule is CCc1ncc2c(C)nn(C3COC3)c2n1. The minimum absolute atomic E-state index is 0.343. The lowest BCUT2D eigenvalue weighted by molar-refractivity contribution is -0.0270. The average molecular weight is 218 g/mol. The van der Waals surface area contributed by atoms with Gasteiger partial charge in [0.15, 0.2) is 5.65 Å². The molecule has 5 nitrogen and oxygen atoms in total. The van der Waals surface area contributed by atoms with Crippen molar-refractivity contribution in [1.29, 1.82) is 0 Å². The first-order valence-corrected chi connectivity index (χ1v) is 5.58. The van der Waals surface area contributed by atoms with Crippen molar-refractivity contribution >= 4 is 11.0 Å². The Hall–Kier alpha value is -1.49. The quantitative estimate of drug-likeness (QED) is 0.761. The van der Waals surface area contributed by atoms with Crippen LogP contribution in [0.25, 0.3) is 11.0 Å². The van der Waals surface area contributed by atoms with E-state index in [4.69, 9.17) is 4.74 Å². The molecule has 0 amide bonds. The highest BCUT2D eigenvalue weighted by molar-refractivity contribution is 5.77. The minimum Gasteiger partial charge on any atom is -0.377 e. The topological polar surface area (TPSA) is 52.8 Å². The van der Waals surface area contributed by atoms with Crippen molar-refractivity contribution < 1.29 is 4.74 Å². The molecule has 0 aromatic carbocycles. The summed E-state index contributed by atoms with van der Waals surface area (Å²) in [4.78, 5) is 8.86. The van der Waals surface area contributed by atoms with Crippen molar-refractivity contribution in [2.24, 2.45) is 0 Å². The molecule has 0 spiro atoms. The predicted molar refractivity (Wildman–Crippen MR) is 59.3 cm³/mol. The molecule has 0 N–H and O–H groups in total. The van der Waals surface area contributed by atoms with Crippen LogP contribution in [-0.4, -0.2) is 33.0 Å². The molecule has 1 aliphatic rings. The fourth-order valence-corrected chi connectivity index (χ4v) is 1.89. The number of aryl methyl sites for hydroxylation is 2. The molecule has 1 saturated heterocycles. The molecule has 1 aliphatic heterocycles. The molecule has 1 fully saturated rings. The Kier molecular flexibility index (Phi) is 2.14. The molecule has 2 aromatic rings. The molecule has 0 unspecified atom stereocenters. The molecule has 3 heterocycles. The van der Waals surface area contributed by atoms with Crippen molar-refractivity contribution in [2.45, 2.75) is 26.3 Å². The van der Waals surface area contributed by atoms with Crippen molar-refractivity contribution in [3.8, 4) is 0 Å². The maximum atomic E-state index is 5.20. The first-order chi connectivity index (χ1) is 7.79. The largest absolute Gasteiger partial charge is 0.377 e. The maximum Gasteiger partial charge on any atom is 0.162 e. The third kappa shape index (κ3) is 1.31. The zero-order valence-corrected chi connectivity index (χ0v) is 9.47. The molecule has 0 atom stereocenters. The van der Waals surface area contributed by atoms with E-state index in [2.05, 4.69) is 22.0 Å². The first kappa shape index (κ1) is 9.72. The van der Waals surface area contributed by atoms with E-state index in [9.17, 15) is 0 Å². The van der Waals surface area contributed by atoms with Gasteiger partial charge in [0, 0.05) is 12.6 Å². The molecule has 0 bridgehead atoms. The molecule has 5 heteroatoms. The minimum atomic E-state index is 0.343. The van der Waals surface area contributed by atoms with Gasteiger partial charge in [-0.15, -0.1) is 0 Å². The highest BCUT2D eigenvalue weighted by atomic mass is 16.5. The van der Waals surface area contributed by atoms with E-state index >= 15 is 0 Å². The Morgan fingerprint density at radius 1 is 1.50 bits per heavy atom. The average Bonchev–Trinajstić information content (AvgIpc) is 2.54. The Bertz CT molecular complexity index is 530. The second-order valence-electron chi connectivity index (χ2n) is 4.10. The Morgan fingerprint density at radius 3 is 2.94 bits per heavy atom. The Morgan fingerprint density at radius 2 is 2.31 bits per heavy atom. The van der Waals surface area contributed by atoms with E-state index in [-0.39, 0.29) is 0 Å². The van der Waals surface area contributed by atoms with Gasteiger partial charge in [-0.05, 0) is 6.92 Å². The summed E-state index contributed by atoms with van der Waals surface area (Å²) in [6.07, 6.45) is 2.72. The van der Waals surface area contributed by atoms with Crippen molar-refractivity contribution in [1.82, 2.24) is 19.7 Å². The highest BCUT2D eigenvalue weighted by Gasteiger charge is 2.24. The van der Waals surface area contributed by atoms with Crippen molar-refractivity contribution in [3.63, 3.8) is 0 Å². The van der Waals surface area contributed by atoms with Crippen LogP contribution < -0.4 is 0 Å². The molecule has 0 saturated carbocycles. The standard InChI is InChI=1S/C11H14N4O/c1-3-10-12-4-9-7(2)14-15(11(9)13-10)8-5-16-6-8/h4,8H,3,5-6H2,1-2H3. The zero-order valence-electron chi connectivity index (χ0n) is 9.47. The number of ether oxygens (including phenoxy) is 1. The van der Waals surface area contributed by atoms with Gasteiger partial charge in [-0.2, -0.15) is 5.10 Å². The molecule has 3 rings (SSSR count). The normalized spacial score (nSPS) is 16.6. The van der Waals surface area contributed by atoms with Crippen LogP contribution in [0.5, 0.6) is 0 Å². The van der Waals surface area contributed by atoms with Gasteiger partial charge in [0.2, 0.25) is 0 Å². The van der Waals surface area contributed by atoms with Crippen LogP contribution in [0.2, 0.25) is 0 Å². The van der Waals surface area contributed by atoms with Crippen molar-refractivity contribution in [2.75, 3.05) is 13.2 Å². The van der Waals surface area contributed by atoms with Gasteiger partial charge in [-0.25, -0.2) is 14.6 Å². The smallest absolute Gasteiger partial charge is 0.162 e. The second-order valence-corrected chi connectivity index (χ2v) is 4.10. The molecule has 0 aliphatic carbocycles. The summed E-state index contributed by atoms with van der Waals surface area (Å²) in [7, 11) is 0. The lowest BCUT2D eigenvalue weighted by atomic mass is 10.2. The number of aromatic nitrogens is 4. The van der Waals surface area contributed by atoms with Gasteiger partial charge in [0.1, 0.15) is 11.9 Å². The Labute approximate surface area is 93.5 Å². The fraction of sp³-hybridized carbons (Fsp3) is 0.545. The van der Waals surface area contributed by atoms with Crippen LogP contribution in [0.1, 0.15) is 24.5 Å². The monoisotopic (exact) mass is 218 g/mol. The van der Waals surface area contributed by atoms with E-state index in [1.54, 1.807) is 0 Å². The second kappa shape index (κ2) is 3.52. The van der Waals surface area contributed by atoms with Crippen LogP contribution in [-0.2, 0) is 11.2 Å². The molecule has 84 valence electrons. The summed E-state index contributed by atoms with van der Waals surface area (Å²) in [6.45, 7) is 5.53. The van der Waals surface area contributed by atoms with Crippen LogP contribution in [0.15, 0.2) is 6.20 Å². The number of rotatable bonds is 2. The van der Waals surface area contributed by atoms with Crippen molar-refractivity contribution in [3.05, 3.63) is 17.7 Å². The third-order valence-electron chi connectivity index (χ3n) is 2.97. The van der Waals surface area contributed by atoms with Crippen LogP contribution in [0.4, 0.5) is 0 Å². The van der Waals surface area contributed by atoms with Crippen LogP contribution in [0.3, 0.4) is 0 Å². The maximum absolute atomic E-state index is 5.20. The van der Waals surface area contributed by atoms with E-state index in [1.165, 1.54) is 0 Å². The van der Waals surface area contributed by atoms with Gasteiger partial charge in [-0.1, -0.05) is 6.92 Å². The summed E-state index contributed by atoms with van der Waals surface area (Å²) in [5.41, 5.74) is 1.93. The number of hydrogen-bond acceptors (Lipinski definition) is 4. The van der Waals surface area contributed by atoms with Gasteiger partial charge >= 0.3 is 0 Å². The van der Waals surface area contributed by atoms with Crippen LogP contribution >= 0.6 is 0 Å². The molecular formula is C11H14N4O. The molecular weight excluding hydrogens is 204 g/mol. The van der Waals surface area contributed by atoms with Gasteiger partial charge in [-0.3, -0.25) is 0 Å².